The van der Waals surface area contributed by atoms with E-state index in [0.717, 1.165) is 96.9 Å². The van der Waals surface area contributed by atoms with Crippen LogP contribution in [0.3, 0.4) is 0 Å². The minimum absolute atomic E-state index is 0.243. The van der Waals surface area contributed by atoms with Crippen LogP contribution in [0.2, 0.25) is 0 Å². The zero-order valence-corrected chi connectivity index (χ0v) is 25.1. The molecule has 2 N–H and O–H groups in total. The van der Waals surface area contributed by atoms with E-state index in [1.165, 1.54) is 24.3 Å². The highest BCUT2D eigenvalue weighted by Crippen LogP contribution is 2.35. The van der Waals surface area contributed by atoms with Crippen molar-refractivity contribution in [3.8, 4) is 0 Å². The number of anilines is 4. The number of carbonyl (C=O) groups is 1. The normalized spacial score (nSPS) is 15.7. The molecule has 8 rings (SSSR count). The first-order valence-electron chi connectivity index (χ1n) is 15.5. The molecular formula is C35H32F2N8O. The summed E-state index contributed by atoms with van der Waals surface area (Å²) in [5.41, 5.74) is 6.16. The minimum atomic E-state index is -0.243. The first-order valence-corrected chi connectivity index (χ1v) is 15.5. The lowest BCUT2D eigenvalue weighted by atomic mass is 10.0. The molecule has 46 heavy (non-hydrogen) atoms. The monoisotopic (exact) mass is 618 g/mol. The van der Waals surface area contributed by atoms with E-state index < -0.39 is 0 Å². The number of H-pyrrole nitrogens is 2. The van der Waals surface area contributed by atoms with Gasteiger partial charge < -0.3 is 19.6 Å². The van der Waals surface area contributed by atoms with E-state index in [9.17, 15) is 13.6 Å². The Kier molecular flexibility index (Phi) is 7.00. The summed E-state index contributed by atoms with van der Waals surface area (Å²) in [5.74, 6) is -0.729. The molecule has 4 aromatic carbocycles. The van der Waals surface area contributed by atoms with E-state index in [2.05, 4.69) is 40.0 Å². The van der Waals surface area contributed by atoms with E-state index in [1.807, 2.05) is 60.7 Å². The van der Waals surface area contributed by atoms with Crippen molar-refractivity contribution in [1.29, 1.82) is 0 Å². The van der Waals surface area contributed by atoms with Gasteiger partial charge in [-0.05, 0) is 72.8 Å². The number of hydrogen-bond donors (Lipinski definition) is 2. The van der Waals surface area contributed by atoms with E-state index >= 15 is 0 Å². The standard InChI is InChI=1S/C35H32F2N8O/c36-23-7-11-25(12-8-23)42-15-19-44(20-16-42)29-5-1-3-27-31(29)33(40-38-27)35(46)34-32-28(39-41-34)4-2-6-30(32)45-21-17-43(18-22-45)26-13-9-24(37)10-14-26/h1-14H,15-22H2,(H,38,40)(H,39,41). The predicted molar refractivity (Wildman–Crippen MR) is 177 cm³/mol. The van der Waals surface area contributed by atoms with Crippen LogP contribution in [0.25, 0.3) is 21.8 Å². The van der Waals surface area contributed by atoms with Crippen molar-refractivity contribution in [2.24, 2.45) is 0 Å². The lowest BCUT2D eigenvalue weighted by molar-refractivity contribution is 0.103. The van der Waals surface area contributed by atoms with Crippen LogP contribution in [0.1, 0.15) is 16.2 Å². The maximum atomic E-state index is 14.3. The van der Waals surface area contributed by atoms with Crippen LogP contribution in [-0.2, 0) is 0 Å². The molecule has 2 fully saturated rings. The van der Waals surface area contributed by atoms with Crippen molar-refractivity contribution in [3.05, 3.63) is 108 Å². The molecule has 0 radical (unpaired) electrons. The van der Waals surface area contributed by atoms with Gasteiger partial charge in [-0.2, -0.15) is 10.2 Å². The highest BCUT2D eigenvalue weighted by Gasteiger charge is 2.28. The molecule has 0 amide bonds. The molecule has 0 unspecified atom stereocenters. The molecule has 4 heterocycles. The highest BCUT2D eigenvalue weighted by molar-refractivity contribution is 6.22. The molecule has 0 saturated carbocycles. The summed E-state index contributed by atoms with van der Waals surface area (Å²) in [6.45, 7) is 6.05. The van der Waals surface area contributed by atoms with Gasteiger partial charge in [-0.25, -0.2) is 8.78 Å². The smallest absolute Gasteiger partial charge is 0.234 e. The largest absolute Gasteiger partial charge is 0.368 e. The Bertz CT molecular complexity index is 1880. The molecule has 0 aliphatic carbocycles. The third kappa shape index (κ3) is 4.97. The number of carbonyl (C=O) groups excluding carboxylic acids is 1. The van der Waals surface area contributed by atoms with Gasteiger partial charge in [-0.3, -0.25) is 15.0 Å². The van der Waals surface area contributed by atoms with Gasteiger partial charge >= 0.3 is 0 Å². The fourth-order valence-corrected chi connectivity index (χ4v) is 6.79. The van der Waals surface area contributed by atoms with Gasteiger partial charge in [0.25, 0.3) is 0 Å². The number of ketones is 1. The second-order valence-corrected chi connectivity index (χ2v) is 11.8. The SMILES string of the molecule is O=C(c1n[nH]c2cccc(N3CCN(c4ccc(F)cc4)CC3)c12)c1n[nH]c2cccc(N3CCN(c4ccc(F)cc4)CC3)c12. The lowest BCUT2D eigenvalue weighted by Crippen LogP contribution is -2.46. The second-order valence-electron chi connectivity index (χ2n) is 11.8. The van der Waals surface area contributed by atoms with Gasteiger partial charge in [0.15, 0.2) is 0 Å². The van der Waals surface area contributed by atoms with E-state index in [0.29, 0.717) is 11.4 Å². The number of piperazine rings is 2. The Hall–Kier alpha value is -5.45. The Balaban J connectivity index is 1.07. The molecule has 0 spiro atoms. The van der Waals surface area contributed by atoms with Crippen molar-refractivity contribution in [2.75, 3.05) is 72.0 Å². The van der Waals surface area contributed by atoms with Crippen LogP contribution in [0.15, 0.2) is 84.9 Å². The zero-order chi connectivity index (χ0) is 31.2. The van der Waals surface area contributed by atoms with Gasteiger partial charge in [-0.15, -0.1) is 0 Å². The van der Waals surface area contributed by atoms with Gasteiger partial charge in [0.2, 0.25) is 5.78 Å². The van der Waals surface area contributed by atoms with Crippen LogP contribution in [0.5, 0.6) is 0 Å². The molecule has 232 valence electrons. The van der Waals surface area contributed by atoms with E-state index in [4.69, 9.17) is 0 Å². The first-order chi connectivity index (χ1) is 22.5. The number of fused-ring (bicyclic) bond motifs is 2. The Morgan fingerprint density at radius 2 is 0.891 bits per heavy atom. The van der Waals surface area contributed by atoms with Gasteiger partial charge in [0.1, 0.15) is 23.0 Å². The summed E-state index contributed by atoms with van der Waals surface area (Å²) in [5, 5.41) is 16.8. The molecule has 2 aliphatic heterocycles. The van der Waals surface area contributed by atoms with Crippen LogP contribution in [-0.4, -0.2) is 78.5 Å². The first kappa shape index (κ1) is 28.1. The number of benzene rings is 4. The van der Waals surface area contributed by atoms with Gasteiger partial charge in [0.05, 0.1) is 21.8 Å². The summed E-state index contributed by atoms with van der Waals surface area (Å²) in [4.78, 5) is 23.4. The molecule has 11 heteroatoms. The molecule has 0 atom stereocenters. The van der Waals surface area contributed by atoms with E-state index in [-0.39, 0.29) is 17.4 Å². The fourth-order valence-electron chi connectivity index (χ4n) is 6.79. The Labute approximate surface area is 264 Å². The number of halogens is 2. The van der Waals surface area contributed by atoms with Crippen LogP contribution >= 0.6 is 0 Å². The van der Waals surface area contributed by atoms with Gasteiger partial charge in [-0.1, -0.05) is 12.1 Å². The maximum absolute atomic E-state index is 14.3. The summed E-state index contributed by atoms with van der Waals surface area (Å²) < 4.78 is 26.9. The van der Waals surface area contributed by atoms with Gasteiger partial charge in [0, 0.05) is 75.1 Å². The quantitative estimate of drug-likeness (QED) is 0.235. The predicted octanol–water partition coefficient (Wildman–Crippen LogP) is 5.60. The number of nitrogens with one attached hydrogen (secondary N) is 2. The second kappa shape index (κ2) is 11.5. The zero-order valence-electron chi connectivity index (χ0n) is 25.1. The van der Waals surface area contributed by atoms with Crippen molar-refractivity contribution < 1.29 is 13.6 Å². The van der Waals surface area contributed by atoms with Crippen molar-refractivity contribution >= 4 is 50.3 Å². The van der Waals surface area contributed by atoms with Crippen molar-refractivity contribution in [1.82, 2.24) is 20.4 Å². The highest BCUT2D eigenvalue weighted by atomic mass is 19.1. The third-order valence-corrected chi connectivity index (χ3v) is 9.19. The average Bonchev–Trinajstić information content (AvgIpc) is 3.74. The lowest BCUT2D eigenvalue weighted by Gasteiger charge is -2.37. The number of rotatable bonds is 6. The van der Waals surface area contributed by atoms with Crippen molar-refractivity contribution in [3.63, 3.8) is 0 Å². The number of nitrogens with zero attached hydrogens (tertiary/aromatic N) is 6. The van der Waals surface area contributed by atoms with E-state index in [1.54, 1.807) is 0 Å². The molecule has 2 aromatic heterocycles. The summed E-state index contributed by atoms with van der Waals surface area (Å²) in [6, 6.07) is 25.1. The summed E-state index contributed by atoms with van der Waals surface area (Å²) in [6.07, 6.45) is 0. The molecular weight excluding hydrogens is 586 g/mol. The molecule has 9 nitrogen and oxygen atoms in total. The van der Waals surface area contributed by atoms with Crippen LogP contribution < -0.4 is 19.6 Å². The topological polar surface area (TPSA) is 87.4 Å². The summed E-state index contributed by atoms with van der Waals surface area (Å²) >= 11 is 0. The third-order valence-electron chi connectivity index (χ3n) is 9.19. The summed E-state index contributed by atoms with van der Waals surface area (Å²) in [7, 11) is 0. The molecule has 0 bridgehead atoms. The van der Waals surface area contributed by atoms with Crippen LogP contribution in [0.4, 0.5) is 31.5 Å². The fraction of sp³-hybridized carbons (Fsp3) is 0.229. The Morgan fingerprint density at radius 1 is 0.522 bits per heavy atom. The Morgan fingerprint density at radius 3 is 1.28 bits per heavy atom. The minimum Gasteiger partial charge on any atom is -0.368 e. The maximum Gasteiger partial charge on any atom is 0.234 e. The number of hydrogen-bond acceptors (Lipinski definition) is 7. The number of aromatic amines is 2. The average molecular weight is 619 g/mol. The molecule has 2 saturated heterocycles. The number of aromatic nitrogens is 4. The molecule has 6 aromatic rings. The van der Waals surface area contributed by atoms with Crippen molar-refractivity contribution in [2.45, 2.75) is 0 Å². The molecule has 2 aliphatic rings. The van der Waals surface area contributed by atoms with Crippen LogP contribution in [0, 0.1) is 11.6 Å².